The predicted octanol–water partition coefficient (Wildman–Crippen LogP) is 11.9. The average Bonchev–Trinajstić information content (AvgIpc) is 3.56. The number of fused-ring (bicyclic) bond motifs is 7. The van der Waals surface area contributed by atoms with Crippen LogP contribution in [0.25, 0.3) is 99.5 Å². The van der Waals surface area contributed by atoms with Crippen molar-refractivity contribution in [1.82, 2.24) is 15.0 Å². The van der Waals surface area contributed by atoms with Crippen molar-refractivity contribution < 1.29 is 4.42 Å². The SMILES string of the molecule is c1ccc(-c2ccc3c(c2)oc2cccc(-c4nc(-c5ccc6ccccc6c5)nc(-c5ccc6c(ccc7ccccc76)c5)n4)c23)cc1. The van der Waals surface area contributed by atoms with Gasteiger partial charge in [-0.3, -0.25) is 0 Å². The molecule has 0 aliphatic rings. The van der Waals surface area contributed by atoms with Crippen LogP contribution in [-0.4, -0.2) is 15.0 Å². The standard InChI is InChI=1S/C45H27N3O/c1-2-9-28(10-3-1)32-21-24-38-41(27-32)49-40-16-8-15-39(42(38)40)45-47-43(34-20-17-29-11-4-5-13-31(29)25-34)46-44(48-45)35-22-23-37-33(26-35)19-18-30-12-6-7-14-36(30)37/h1-27H. The normalized spacial score (nSPS) is 11.7. The Kier molecular flexibility index (Phi) is 6.15. The summed E-state index contributed by atoms with van der Waals surface area (Å²) in [6, 6.07) is 57.0. The second-order valence-corrected chi connectivity index (χ2v) is 12.4. The summed E-state index contributed by atoms with van der Waals surface area (Å²) in [7, 11) is 0. The molecule has 0 aliphatic heterocycles. The lowest BCUT2D eigenvalue weighted by Gasteiger charge is -2.11. The number of hydrogen-bond acceptors (Lipinski definition) is 4. The maximum Gasteiger partial charge on any atom is 0.164 e. The monoisotopic (exact) mass is 625 g/mol. The first-order valence-corrected chi connectivity index (χ1v) is 16.4. The van der Waals surface area contributed by atoms with E-state index in [0.717, 1.165) is 60.5 Å². The molecule has 4 heteroatoms. The van der Waals surface area contributed by atoms with Crippen molar-refractivity contribution in [2.24, 2.45) is 0 Å². The molecule has 0 N–H and O–H groups in total. The van der Waals surface area contributed by atoms with Gasteiger partial charge in [0, 0.05) is 27.5 Å². The third-order valence-corrected chi connectivity index (χ3v) is 9.49. The van der Waals surface area contributed by atoms with Crippen molar-refractivity contribution in [1.29, 1.82) is 0 Å². The highest BCUT2D eigenvalue weighted by Gasteiger charge is 2.19. The van der Waals surface area contributed by atoms with Crippen LogP contribution >= 0.6 is 0 Å². The molecule has 10 rings (SSSR count). The van der Waals surface area contributed by atoms with Gasteiger partial charge in [-0.05, 0) is 73.8 Å². The lowest BCUT2D eigenvalue weighted by molar-refractivity contribution is 0.669. The van der Waals surface area contributed by atoms with Gasteiger partial charge in [0.25, 0.3) is 0 Å². The molecule has 10 aromatic rings. The second kappa shape index (κ2) is 11.0. The minimum Gasteiger partial charge on any atom is -0.456 e. The van der Waals surface area contributed by atoms with E-state index in [1.807, 2.05) is 18.2 Å². The van der Waals surface area contributed by atoms with E-state index in [9.17, 15) is 0 Å². The van der Waals surface area contributed by atoms with Crippen molar-refractivity contribution in [2.45, 2.75) is 0 Å². The molecule has 0 spiro atoms. The van der Waals surface area contributed by atoms with E-state index in [1.165, 1.54) is 21.5 Å². The quantitative estimate of drug-likeness (QED) is 0.183. The van der Waals surface area contributed by atoms with Crippen LogP contribution in [0.1, 0.15) is 0 Å². The van der Waals surface area contributed by atoms with E-state index in [-0.39, 0.29) is 0 Å². The van der Waals surface area contributed by atoms with Crippen LogP contribution in [0.2, 0.25) is 0 Å². The van der Waals surface area contributed by atoms with Gasteiger partial charge < -0.3 is 4.42 Å². The van der Waals surface area contributed by atoms with E-state index in [0.29, 0.717) is 17.5 Å². The van der Waals surface area contributed by atoms with Gasteiger partial charge in [-0.25, -0.2) is 15.0 Å². The Morgan fingerprint density at radius 1 is 0.327 bits per heavy atom. The Bertz CT molecular complexity index is 2890. The van der Waals surface area contributed by atoms with Gasteiger partial charge in [-0.15, -0.1) is 0 Å². The number of hydrogen-bond donors (Lipinski definition) is 0. The summed E-state index contributed by atoms with van der Waals surface area (Å²) in [5, 5.41) is 9.12. The predicted molar refractivity (Wildman–Crippen MR) is 201 cm³/mol. The summed E-state index contributed by atoms with van der Waals surface area (Å²) < 4.78 is 6.47. The lowest BCUT2D eigenvalue weighted by Crippen LogP contribution is -2.00. The molecule has 49 heavy (non-hydrogen) atoms. The molecule has 0 saturated heterocycles. The van der Waals surface area contributed by atoms with Crippen molar-refractivity contribution in [3.63, 3.8) is 0 Å². The third-order valence-electron chi connectivity index (χ3n) is 9.49. The van der Waals surface area contributed by atoms with Gasteiger partial charge in [0.1, 0.15) is 11.2 Å². The van der Waals surface area contributed by atoms with E-state index < -0.39 is 0 Å². The molecule has 0 amide bonds. The smallest absolute Gasteiger partial charge is 0.164 e. The molecule has 2 aromatic heterocycles. The third kappa shape index (κ3) is 4.65. The van der Waals surface area contributed by atoms with E-state index in [1.54, 1.807) is 0 Å². The molecule has 0 fully saturated rings. The molecule has 0 radical (unpaired) electrons. The molecule has 228 valence electrons. The summed E-state index contributed by atoms with van der Waals surface area (Å²) in [4.78, 5) is 15.4. The molecule has 0 saturated carbocycles. The van der Waals surface area contributed by atoms with Crippen molar-refractivity contribution in [3.05, 3.63) is 164 Å². The summed E-state index contributed by atoms with van der Waals surface area (Å²) in [6.07, 6.45) is 0. The fourth-order valence-corrected chi connectivity index (χ4v) is 7.06. The lowest BCUT2D eigenvalue weighted by atomic mass is 10.00. The number of furan rings is 1. The number of nitrogens with zero attached hydrogens (tertiary/aromatic N) is 3. The van der Waals surface area contributed by atoms with Crippen LogP contribution in [-0.2, 0) is 0 Å². The van der Waals surface area contributed by atoms with Crippen LogP contribution in [0.3, 0.4) is 0 Å². The van der Waals surface area contributed by atoms with Gasteiger partial charge >= 0.3 is 0 Å². The molecular formula is C45H27N3O. The topological polar surface area (TPSA) is 51.8 Å². The summed E-state index contributed by atoms with van der Waals surface area (Å²) in [6.45, 7) is 0. The summed E-state index contributed by atoms with van der Waals surface area (Å²) in [5.41, 5.74) is 6.66. The molecular weight excluding hydrogens is 599 g/mol. The van der Waals surface area contributed by atoms with Gasteiger partial charge in [0.15, 0.2) is 17.5 Å². The maximum atomic E-state index is 6.47. The van der Waals surface area contributed by atoms with Crippen LogP contribution in [0.5, 0.6) is 0 Å². The Balaban J connectivity index is 1.19. The number of benzene rings is 8. The Hall–Kier alpha value is -6.65. The fraction of sp³-hybridized carbons (Fsp3) is 0. The van der Waals surface area contributed by atoms with E-state index >= 15 is 0 Å². The Morgan fingerprint density at radius 3 is 1.80 bits per heavy atom. The number of aromatic nitrogens is 3. The highest BCUT2D eigenvalue weighted by Crippen LogP contribution is 2.38. The van der Waals surface area contributed by atoms with Gasteiger partial charge in [-0.2, -0.15) is 0 Å². The minimum atomic E-state index is 0.604. The largest absolute Gasteiger partial charge is 0.456 e. The first-order valence-electron chi connectivity index (χ1n) is 16.4. The second-order valence-electron chi connectivity index (χ2n) is 12.4. The maximum absolute atomic E-state index is 6.47. The van der Waals surface area contributed by atoms with E-state index in [4.69, 9.17) is 19.4 Å². The minimum absolute atomic E-state index is 0.604. The van der Waals surface area contributed by atoms with Crippen LogP contribution in [0.4, 0.5) is 0 Å². The molecule has 8 aromatic carbocycles. The zero-order valence-corrected chi connectivity index (χ0v) is 26.3. The first-order chi connectivity index (χ1) is 24.2. The van der Waals surface area contributed by atoms with Crippen molar-refractivity contribution in [2.75, 3.05) is 0 Å². The zero-order chi connectivity index (χ0) is 32.3. The highest BCUT2D eigenvalue weighted by molar-refractivity contribution is 6.12. The number of rotatable bonds is 4. The molecule has 0 aliphatic carbocycles. The molecule has 0 bridgehead atoms. The molecule has 4 nitrogen and oxygen atoms in total. The van der Waals surface area contributed by atoms with Crippen molar-refractivity contribution in [3.8, 4) is 45.3 Å². The van der Waals surface area contributed by atoms with E-state index in [2.05, 4.69) is 146 Å². The zero-order valence-electron chi connectivity index (χ0n) is 26.3. The van der Waals surface area contributed by atoms with Crippen LogP contribution in [0, 0.1) is 0 Å². The van der Waals surface area contributed by atoms with Gasteiger partial charge in [-0.1, -0.05) is 133 Å². The molecule has 2 heterocycles. The van der Waals surface area contributed by atoms with Crippen molar-refractivity contribution >= 4 is 54.3 Å². The molecule has 0 atom stereocenters. The fourth-order valence-electron chi connectivity index (χ4n) is 7.06. The van der Waals surface area contributed by atoms with Gasteiger partial charge in [0.2, 0.25) is 0 Å². The summed E-state index contributed by atoms with van der Waals surface area (Å²) in [5.74, 6) is 1.85. The molecule has 0 unspecified atom stereocenters. The summed E-state index contributed by atoms with van der Waals surface area (Å²) >= 11 is 0. The first kappa shape index (κ1) is 27.5. The Morgan fingerprint density at radius 2 is 0.939 bits per heavy atom. The van der Waals surface area contributed by atoms with Crippen LogP contribution < -0.4 is 0 Å². The van der Waals surface area contributed by atoms with Gasteiger partial charge in [0.05, 0.1) is 0 Å². The Labute approximate surface area is 282 Å². The van der Waals surface area contributed by atoms with Crippen LogP contribution in [0.15, 0.2) is 168 Å². The average molecular weight is 626 g/mol. The highest BCUT2D eigenvalue weighted by atomic mass is 16.3.